The molecule has 0 aromatic heterocycles. The molecule has 1 amide bonds. The number of fused-ring (bicyclic) bond motifs is 1. The van der Waals surface area contributed by atoms with Gasteiger partial charge in [0.25, 0.3) is 5.91 Å². The molecule has 3 aromatic rings. The number of amides is 1. The standard InChI is InChI=1S/C28H27F3N2O2S/c29-28(30,31)21-9-7-11-23(19-21)35-22-10-6-8-20(18-22)27-33(17-16-32-14-4-1-5-15-32)26(34)24-12-2-3-13-25(24)36-27/h2-3,6-13,18-19,27H,1,4-5,14-17H2. The van der Waals surface area contributed by atoms with Gasteiger partial charge in [0.15, 0.2) is 0 Å². The first-order valence-electron chi connectivity index (χ1n) is 12.1. The second-order valence-electron chi connectivity index (χ2n) is 9.07. The van der Waals surface area contributed by atoms with E-state index in [1.807, 2.05) is 47.4 Å². The highest BCUT2D eigenvalue weighted by Crippen LogP contribution is 2.45. The molecule has 5 rings (SSSR count). The van der Waals surface area contributed by atoms with E-state index in [2.05, 4.69) is 4.90 Å². The third-order valence-corrected chi connectivity index (χ3v) is 7.91. The van der Waals surface area contributed by atoms with Crippen LogP contribution in [0.3, 0.4) is 0 Å². The van der Waals surface area contributed by atoms with E-state index in [1.165, 1.54) is 31.4 Å². The van der Waals surface area contributed by atoms with Crippen molar-refractivity contribution in [3.05, 3.63) is 89.5 Å². The maximum Gasteiger partial charge on any atom is 0.416 e. The van der Waals surface area contributed by atoms with E-state index in [0.29, 0.717) is 17.9 Å². The quantitative estimate of drug-likeness (QED) is 0.349. The van der Waals surface area contributed by atoms with Crippen LogP contribution in [0.2, 0.25) is 0 Å². The van der Waals surface area contributed by atoms with Crippen molar-refractivity contribution in [2.45, 2.75) is 35.7 Å². The number of ether oxygens (including phenoxy) is 1. The van der Waals surface area contributed by atoms with Crippen molar-refractivity contribution in [2.75, 3.05) is 26.2 Å². The highest BCUT2D eigenvalue weighted by Gasteiger charge is 2.34. The number of rotatable bonds is 6. The third kappa shape index (κ3) is 5.55. The Hall–Kier alpha value is -2.97. The lowest BCUT2D eigenvalue weighted by Gasteiger charge is -2.38. The molecule has 2 aliphatic heterocycles. The molecule has 4 nitrogen and oxygen atoms in total. The third-order valence-electron chi connectivity index (χ3n) is 6.55. The number of hydrogen-bond acceptors (Lipinski definition) is 4. The molecule has 0 N–H and O–H groups in total. The van der Waals surface area contributed by atoms with E-state index in [-0.39, 0.29) is 17.0 Å². The predicted molar refractivity (Wildman–Crippen MR) is 134 cm³/mol. The summed E-state index contributed by atoms with van der Waals surface area (Å²) in [5.74, 6) is 0.534. The zero-order chi connectivity index (χ0) is 25.1. The van der Waals surface area contributed by atoms with Gasteiger partial charge in [-0.15, -0.1) is 0 Å². The molecule has 1 saturated heterocycles. The summed E-state index contributed by atoms with van der Waals surface area (Å²) in [5.41, 5.74) is 0.810. The van der Waals surface area contributed by atoms with Crippen molar-refractivity contribution < 1.29 is 22.7 Å². The van der Waals surface area contributed by atoms with Crippen LogP contribution in [0, 0.1) is 0 Å². The second kappa shape index (κ2) is 10.6. The highest BCUT2D eigenvalue weighted by atomic mass is 32.2. The Balaban J connectivity index is 1.40. The van der Waals surface area contributed by atoms with Gasteiger partial charge in [0, 0.05) is 18.0 Å². The summed E-state index contributed by atoms with van der Waals surface area (Å²) >= 11 is 1.61. The minimum absolute atomic E-state index is 0.00411. The number of thioether (sulfide) groups is 1. The van der Waals surface area contributed by atoms with E-state index < -0.39 is 11.7 Å². The molecule has 8 heteroatoms. The van der Waals surface area contributed by atoms with Gasteiger partial charge in [-0.05, 0) is 74.0 Å². The summed E-state index contributed by atoms with van der Waals surface area (Å²) in [5, 5.41) is -0.262. The Morgan fingerprint density at radius 1 is 0.861 bits per heavy atom. The fourth-order valence-electron chi connectivity index (χ4n) is 4.69. The highest BCUT2D eigenvalue weighted by molar-refractivity contribution is 7.99. The van der Waals surface area contributed by atoms with Crippen molar-refractivity contribution >= 4 is 17.7 Å². The lowest BCUT2D eigenvalue weighted by Crippen LogP contribution is -2.43. The molecule has 1 atom stereocenters. The molecule has 0 aliphatic carbocycles. The Morgan fingerprint density at radius 3 is 2.36 bits per heavy atom. The zero-order valence-electron chi connectivity index (χ0n) is 19.7. The average molecular weight is 513 g/mol. The maximum absolute atomic E-state index is 13.5. The van der Waals surface area contributed by atoms with Crippen molar-refractivity contribution in [1.29, 1.82) is 0 Å². The summed E-state index contributed by atoms with van der Waals surface area (Å²) in [6.07, 6.45) is -0.819. The van der Waals surface area contributed by atoms with Crippen LogP contribution in [0.4, 0.5) is 13.2 Å². The summed E-state index contributed by atoms with van der Waals surface area (Å²) < 4.78 is 45.2. The fourth-order valence-corrected chi connectivity index (χ4v) is 5.98. The number of piperidine rings is 1. The Kier molecular flexibility index (Phi) is 7.25. The van der Waals surface area contributed by atoms with E-state index in [4.69, 9.17) is 4.74 Å². The van der Waals surface area contributed by atoms with Gasteiger partial charge in [-0.1, -0.05) is 48.5 Å². The monoisotopic (exact) mass is 512 g/mol. The molecule has 0 spiro atoms. The summed E-state index contributed by atoms with van der Waals surface area (Å²) in [7, 11) is 0. The van der Waals surface area contributed by atoms with Crippen LogP contribution in [-0.4, -0.2) is 41.9 Å². The Bertz CT molecular complexity index is 1230. The molecule has 0 bridgehead atoms. The normalized spacial score (nSPS) is 18.7. The van der Waals surface area contributed by atoms with Gasteiger partial charge in [-0.2, -0.15) is 13.2 Å². The van der Waals surface area contributed by atoms with E-state index >= 15 is 0 Å². The number of halogens is 3. The minimum atomic E-state index is -4.44. The number of carbonyl (C=O) groups is 1. The van der Waals surface area contributed by atoms with Crippen LogP contribution >= 0.6 is 11.8 Å². The SMILES string of the molecule is O=C1c2ccccc2SC(c2cccc(Oc3cccc(C(F)(F)F)c3)c2)N1CCN1CCCCC1. The van der Waals surface area contributed by atoms with Gasteiger partial charge in [0.05, 0.1) is 11.1 Å². The van der Waals surface area contributed by atoms with Gasteiger partial charge in [0.1, 0.15) is 16.9 Å². The van der Waals surface area contributed by atoms with Gasteiger partial charge >= 0.3 is 6.18 Å². The lowest BCUT2D eigenvalue weighted by molar-refractivity contribution is -0.137. The number of hydrogen-bond donors (Lipinski definition) is 0. The van der Waals surface area contributed by atoms with Gasteiger partial charge in [0.2, 0.25) is 0 Å². The van der Waals surface area contributed by atoms with Gasteiger partial charge in [-0.3, -0.25) is 4.79 Å². The zero-order valence-corrected chi connectivity index (χ0v) is 20.5. The molecule has 36 heavy (non-hydrogen) atoms. The first kappa shape index (κ1) is 24.7. The van der Waals surface area contributed by atoms with Crippen LogP contribution in [0.15, 0.2) is 77.7 Å². The van der Waals surface area contributed by atoms with Crippen LogP contribution in [0.5, 0.6) is 11.5 Å². The summed E-state index contributed by atoms with van der Waals surface area (Å²) in [6, 6.07) is 19.7. The first-order valence-corrected chi connectivity index (χ1v) is 13.0. The van der Waals surface area contributed by atoms with Crippen molar-refractivity contribution in [2.24, 2.45) is 0 Å². The number of likely N-dealkylation sites (tertiary alicyclic amines) is 1. The fraction of sp³-hybridized carbons (Fsp3) is 0.321. The molecule has 2 heterocycles. The molecule has 1 fully saturated rings. The predicted octanol–water partition coefficient (Wildman–Crippen LogP) is 7.23. The number of alkyl halides is 3. The van der Waals surface area contributed by atoms with E-state index in [0.717, 1.165) is 42.2 Å². The molecule has 1 unspecified atom stereocenters. The molecular formula is C28H27F3N2O2S. The van der Waals surface area contributed by atoms with Crippen LogP contribution in [-0.2, 0) is 6.18 Å². The van der Waals surface area contributed by atoms with Crippen LogP contribution in [0.1, 0.15) is 46.1 Å². The topological polar surface area (TPSA) is 32.8 Å². The van der Waals surface area contributed by atoms with E-state index in [1.54, 1.807) is 17.8 Å². The molecule has 2 aliphatic rings. The number of carbonyl (C=O) groups excluding carboxylic acids is 1. The average Bonchev–Trinajstić information content (AvgIpc) is 2.88. The minimum Gasteiger partial charge on any atom is -0.457 e. The summed E-state index contributed by atoms with van der Waals surface area (Å²) in [6.45, 7) is 3.52. The van der Waals surface area contributed by atoms with Gasteiger partial charge in [-0.25, -0.2) is 0 Å². The van der Waals surface area contributed by atoms with Crippen LogP contribution < -0.4 is 4.74 Å². The smallest absolute Gasteiger partial charge is 0.416 e. The first-order chi connectivity index (χ1) is 17.4. The van der Waals surface area contributed by atoms with E-state index in [9.17, 15) is 18.0 Å². The van der Waals surface area contributed by atoms with Crippen LogP contribution in [0.25, 0.3) is 0 Å². The Morgan fingerprint density at radius 2 is 1.58 bits per heavy atom. The van der Waals surface area contributed by atoms with Gasteiger partial charge < -0.3 is 14.5 Å². The second-order valence-corrected chi connectivity index (χ2v) is 10.2. The molecule has 3 aromatic carbocycles. The van der Waals surface area contributed by atoms with Crippen molar-refractivity contribution in [3.8, 4) is 11.5 Å². The molecular weight excluding hydrogens is 485 g/mol. The van der Waals surface area contributed by atoms with Crippen molar-refractivity contribution in [1.82, 2.24) is 9.80 Å². The molecule has 188 valence electrons. The molecule has 0 saturated carbocycles. The lowest BCUT2D eigenvalue weighted by atomic mass is 10.1. The number of benzene rings is 3. The maximum atomic E-state index is 13.5. The Labute approximate surface area is 213 Å². The largest absolute Gasteiger partial charge is 0.457 e. The summed E-state index contributed by atoms with van der Waals surface area (Å²) in [4.78, 5) is 18.8. The number of nitrogens with zero attached hydrogens (tertiary/aromatic N) is 2. The van der Waals surface area contributed by atoms with Crippen molar-refractivity contribution in [3.63, 3.8) is 0 Å². The molecule has 0 radical (unpaired) electrons.